The van der Waals surface area contributed by atoms with Crippen LogP contribution in [0.25, 0.3) is 11.1 Å². The number of rotatable bonds is 4. The predicted molar refractivity (Wildman–Crippen MR) is 107 cm³/mol. The third-order valence-corrected chi connectivity index (χ3v) is 4.15. The van der Waals surface area contributed by atoms with Crippen LogP contribution in [-0.2, 0) is 26.2 Å². The van der Waals surface area contributed by atoms with Gasteiger partial charge in [0.2, 0.25) is 0 Å². The molecule has 0 saturated carbocycles. The Balaban J connectivity index is 0.000000490. The monoisotopic (exact) mass is 502 g/mol. The molecule has 0 bridgehead atoms. The molecule has 0 aromatic heterocycles. The average Bonchev–Trinajstić information content (AvgIpc) is 3.42. The maximum Gasteiger partial charge on any atom is 4.00 e. The normalized spacial score (nSPS) is 12.9. The first kappa shape index (κ1) is 27.5. The predicted octanol–water partition coefficient (Wildman–Crippen LogP) is -0.311. The second-order valence-corrected chi connectivity index (χ2v) is 5.86. The van der Waals surface area contributed by atoms with Gasteiger partial charge in [-0.3, -0.25) is 0 Å². The third kappa shape index (κ3) is 8.01. The number of hydrogen-bond donors (Lipinski definition) is 0. The number of hydrogen-bond acceptors (Lipinski definition) is 2. The summed E-state index contributed by atoms with van der Waals surface area (Å²) in [7, 11) is 3.36. The minimum absolute atomic E-state index is 0. The van der Waals surface area contributed by atoms with Gasteiger partial charge in [-0.25, -0.2) is 0 Å². The van der Waals surface area contributed by atoms with Crippen LogP contribution >= 0.6 is 0 Å². The number of halogens is 2. The van der Waals surface area contributed by atoms with Gasteiger partial charge in [0.25, 0.3) is 0 Å². The number of ether oxygens (including phenoxy) is 2. The van der Waals surface area contributed by atoms with Crippen molar-refractivity contribution in [3.8, 4) is 11.5 Å². The second-order valence-electron chi connectivity index (χ2n) is 5.86. The van der Waals surface area contributed by atoms with Crippen molar-refractivity contribution in [3.63, 3.8) is 0 Å². The Hall–Kier alpha value is -1.54. The van der Waals surface area contributed by atoms with Crippen molar-refractivity contribution in [2.75, 3.05) is 14.2 Å². The van der Waals surface area contributed by atoms with Gasteiger partial charge in [-0.15, -0.1) is 35.4 Å². The first-order chi connectivity index (χ1) is 12.8. The summed E-state index contributed by atoms with van der Waals surface area (Å²) in [5.41, 5.74) is 4.68. The molecule has 0 aliphatic heterocycles. The summed E-state index contributed by atoms with van der Waals surface area (Å²) in [5, 5.41) is 0. The van der Waals surface area contributed by atoms with Crippen LogP contribution in [0.4, 0.5) is 0 Å². The Morgan fingerprint density at radius 1 is 0.690 bits per heavy atom. The minimum atomic E-state index is 0. The largest absolute Gasteiger partial charge is 4.00 e. The van der Waals surface area contributed by atoms with Crippen molar-refractivity contribution in [2.45, 2.75) is 12.8 Å². The van der Waals surface area contributed by atoms with Crippen molar-refractivity contribution in [3.05, 3.63) is 96.1 Å². The summed E-state index contributed by atoms with van der Waals surface area (Å²) in [6.45, 7) is 0. The van der Waals surface area contributed by atoms with Gasteiger partial charge in [0, 0.05) is 0 Å². The Morgan fingerprint density at radius 2 is 1.10 bits per heavy atom. The molecule has 0 radical (unpaired) electrons. The summed E-state index contributed by atoms with van der Waals surface area (Å²) < 4.78 is 10.3. The van der Waals surface area contributed by atoms with Gasteiger partial charge in [0.1, 0.15) is 11.5 Å². The van der Waals surface area contributed by atoms with Gasteiger partial charge < -0.3 is 34.3 Å². The SMILES string of the molecule is COc1cccc(C2=[C-]CC=C2)c1.COc1cccc(C2=[C-]CC=C2)c1.[Cl-].[Cl-].[Zr+4]. The fourth-order valence-electron chi connectivity index (χ4n) is 2.79. The van der Waals surface area contributed by atoms with Crippen LogP contribution in [0.5, 0.6) is 11.5 Å². The Bertz CT molecular complexity index is 812. The van der Waals surface area contributed by atoms with Gasteiger partial charge in [-0.05, 0) is 12.1 Å². The van der Waals surface area contributed by atoms with Gasteiger partial charge >= 0.3 is 26.2 Å². The topological polar surface area (TPSA) is 18.5 Å². The van der Waals surface area contributed by atoms with E-state index in [4.69, 9.17) is 9.47 Å². The van der Waals surface area contributed by atoms with E-state index in [9.17, 15) is 0 Å². The van der Waals surface area contributed by atoms with Crippen LogP contribution < -0.4 is 34.3 Å². The van der Waals surface area contributed by atoms with Crippen LogP contribution in [0.15, 0.2) is 72.8 Å². The van der Waals surface area contributed by atoms with Crippen LogP contribution in [0.3, 0.4) is 0 Å². The molecular weight excluding hydrogens is 482 g/mol. The van der Waals surface area contributed by atoms with Crippen molar-refractivity contribution in [2.24, 2.45) is 0 Å². The van der Waals surface area contributed by atoms with Gasteiger partial charge in [-0.2, -0.15) is 35.5 Å². The molecule has 0 spiro atoms. The van der Waals surface area contributed by atoms with Crippen LogP contribution in [0, 0.1) is 12.2 Å². The molecule has 148 valence electrons. The van der Waals surface area contributed by atoms with E-state index >= 15 is 0 Å². The maximum absolute atomic E-state index is 5.15. The van der Waals surface area contributed by atoms with Crippen molar-refractivity contribution < 1.29 is 60.5 Å². The molecule has 2 aliphatic carbocycles. The Morgan fingerprint density at radius 3 is 1.41 bits per heavy atom. The molecule has 0 unspecified atom stereocenters. The fourth-order valence-corrected chi connectivity index (χ4v) is 2.79. The molecule has 0 N–H and O–H groups in total. The fraction of sp³-hybridized carbons (Fsp3) is 0.167. The average molecular weight is 505 g/mol. The Kier molecular flexibility index (Phi) is 13.7. The van der Waals surface area contributed by atoms with E-state index in [1.165, 1.54) is 22.3 Å². The molecule has 4 rings (SSSR count). The van der Waals surface area contributed by atoms with Crippen molar-refractivity contribution in [1.29, 1.82) is 0 Å². The third-order valence-electron chi connectivity index (χ3n) is 4.15. The second kappa shape index (κ2) is 14.4. The molecule has 0 heterocycles. The summed E-state index contributed by atoms with van der Waals surface area (Å²) in [6.07, 6.45) is 16.8. The van der Waals surface area contributed by atoms with Crippen molar-refractivity contribution >= 4 is 11.1 Å². The molecule has 2 nitrogen and oxygen atoms in total. The number of allylic oxidation sites excluding steroid dienone is 8. The number of benzene rings is 2. The quantitative estimate of drug-likeness (QED) is 0.532. The van der Waals surface area contributed by atoms with E-state index in [1.54, 1.807) is 14.2 Å². The van der Waals surface area contributed by atoms with E-state index in [1.807, 2.05) is 36.4 Å². The molecule has 0 amide bonds. The zero-order valence-corrected chi connectivity index (χ0v) is 20.4. The maximum atomic E-state index is 5.15. The van der Waals surface area contributed by atoms with E-state index in [0.29, 0.717) is 0 Å². The molecule has 29 heavy (non-hydrogen) atoms. The molecule has 5 heteroatoms. The van der Waals surface area contributed by atoms with Crippen molar-refractivity contribution in [1.82, 2.24) is 0 Å². The molecule has 2 aromatic rings. The molecule has 0 saturated heterocycles. The molecule has 0 fully saturated rings. The van der Waals surface area contributed by atoms with E-state index < -0.39 is 0 Å². The molecule has 0 atom stereocenters. The van der Waals surface area contributed by atoms with Gasteiger partial charge in [0.05, 0.1) is 14.2 Å². The first-order valence-corrected chi connectivity index (χ1v) is 8.64. The van der Waals surface area contributed by atoms with Gasteiger partial charge in [0.15, 0.2) is 0 Å². The summed E-state index contributed by atoms with van der Waals surface area (Å²) in [5.74, 6) is 1.79. The minimum Gasteiger partial charge on any atom is -1.00 e. The van der Waals surface area contributed by atoms with E-state index in [-0.39, 0.29) is 51.0 Å². The summed E-state index contributed by atoms with van der Waals surface area (Å²) in [6, 6.07) is 16.1. The van der Waals surface area contributed by atoms with E-state index in [0.717, 1.165) is 24.3 Å². The van der Waals surface area contributed by atoms with Crippen LogP contribution in [0.2, 0.25) is 0 Å². The smallest absolute Gasteiger partial charge is 1.00 e. The summed E-state index contributed by atoms with van der Waals surface area (Å²) >= 11 is 0. The zero-order valence-electron chi connectivity index (χ0n) is 16.4. The van der Waals surface area contributed by atoms with Gasteiger partial charge in [-0.1, -0.05) is 37.1 Å². The zero-order chi connectivity index (χ0) is 18.2. The van der Waals surface area contributed by atoms with Crippen LogP contribution in [-0.4, -0.2) is 14.2 Å². The van der Waals surface area contributed by atoms with E-state index in [2.05, 4.69) is 48.6 Å². The molecule has 2 aliphatic rings. The molecule has 2 aromatic carbocycles. The first-order valence-electron chi connectivity index (χ1n) is 8.64. The Labute approximate surface area is 205 Å². The molecular formula is C24H22Cl2O2Zr. The standard InChI is InChI=1S/2C12H11O.2ClH.Zr/c2*1-13-12-8-4-7-11(9-12)10-5-2-3-6-10;;;/h2*2,4-5,7-9H,3H2,1H3;2*1H;/q2*-1;;;+4/p-2. The summed E-state index contributed by atoms with van der Waals surface area (Å²) in [4.78, 5) is 0. The van der Waals surface area contributed by atoms with Crippen LogP contribution in [0.1, 0.15) is 24.0 Å². The number of methoxy groups -OCH3 is 2.